The van der Waals surface area contributed by atoms with E-state index in [0.717, 1.165) is 17.3 Å². The zero-order valence-corrected chi connectivity index (χ0v) is 11.0. The summed E-state index contributed by atoms with van der Waals surface area (Å²) < 4.78 is 10.9. The molecule has 0 aliphatic carbocycles. The number of aryl methyl sites for hydroxylation is 2. The predicted octanol–water partition coefficient (Wildman–Crippen LogP) is 2.49. The van der Waals surface area contributed by atoms with E-state index < -0.39 is 5.60 Å². The summed E-state index contributed by atoms with van der Waals surface area (Å²) in [5, 5.41) is 13.5. The molecule has 2 rings (SSSR count). The normalized spacial score (nSPS) is 14.7. The van der Waals surface area contributed by atoms with E-state index in [9.17, 15) is 5.11 Å². The second kappa shape index (κ2) is 5.00. The van der Waals surface area contributed by atoms with Crippen LogP contribution in [0.3, 0.4) is 0 Å². The minimum Gasteiger partial charge on any atom is -0.465 e. The number of hydrogen-bond acceptors (Lipinski definition) is 4. The van der Waals surface area contributed by atoms with Gasteiger partial charge in [-0.15, -0.1) is 0 Å². The van der Waals surface area contributed by atoms with Gasteiger partial charge in [0.05, 0.1) is 6.54 Å². The highest BCUT2D eigenvalue weighted by atomic mass is 16.4. The molecule has 0 radical (unpaired) electrons. The van der Waals surface area contributed by atoms with Gasteiger partial charge < -0.3 is 19.3 Å². The number of nitrogens with one attached hydrogen (secondary N) is 1. The SMILES string of the molecule is Cc1ccc(CNCC(C)(O)c2ccc(C)o2)o1. The molecule has 0 saturated carbocycles. The molecule has 4 heteroatoms. The van der Waals surface area contributed by atoms with Crippen molar-refractivity contribution in [3.8, 4) is 0 Å². The molecule has 1 atom stereocenters. The van der Waals surface area contributed by atoms with Gasteiger partial charge in [0.2, 0.25) is 0 Å². The van der Waals surface area contributed by atoms with Gasteiger partial charge in [-0.05, 0) is 45.0 Å². The van der Waals surface area contributed by atoms with Crippen molar-refractivity contribution in [2.75, 3.05) is 6.54 Å². The van der Waals surface area contributed by atoms with Crippen LogP contribution in [-0.4, -0.2) is 11.7 Å². The Labute approximate surface area is 107 Å². The van der Waals surface area contributed by atoms with Gasteiger partial charge in [-0.1, -0.05) is 0 Å². The summed E-state index contributed by atoms with van der Waals surface area (Å²) in [4.78, 5) is 0. The van der Waals surface area contributed by atoms with Crippen LogP contribution < -0.4 is 5.32 Å². The van der Waals surface area contributed by atoms with Crippen LogP contribution >= 0.6 is 0 Å². The zero-order valence-electron chi connectivity index (χ0n) is 11.0. The van der Waals surface area contributed by atoms with Crippen LogP contribution in [0.25, 0.3) is 0 Å². The van der Waals surface area contributed by atoms with E-state index in [1.165, 1.54) is 0 Å². The van der Waals surface area contributed by atoms with Crippen LogP contribution in [0, 0.1) is 13.8 Å². The highest BCUT2D eigenvalue weighted by Crippen LogP contribution is 2.22. The van der Waals surface area contributed by atoms with Crippen LogP contribution in [0.1, 0.15) is 30.0 Å². The molecule has 0 aliphatic rings. The first kappa shape index (κ1) is 12.9. The summed E-state index contributed by atoms with van der Waals surface area (Å²) in [6, 6.07) is 7.49. The molecule has 0 aliphatic heterocycles. The molecular weight excluding hydrogens is 230 g/mol. The molecule has 0 bridgehead atoms. The Kier molecular flexibility index (Phi) is 3.59. The van der Waals surface area contributed by atoms with Crippen molar-refractivity contribution in [3.05, 3.63) is 47.3 Å². The van der Waals surface area contributed by atoms with Gasteiger partial charge in [-0.2, -0.15) is 0 Å². The van der Waals surface area contributed by atoms with Crippen molar-refractivity contribution < 1.29 is 13.9 Å². The van der Waals surface area contributed by atoms with E-state index in [-0.39, 0.29) is 0 Å². The maximum atomic E-state index is 10.3. The van der Waals surface area contributed by atoms with E-state index in [0.29, 0.717) is 18.8 Å². The first-order chi connectivity index (χ1) is 8.47. The molecule has 18 heavy (non-hydrogen) atoms. The van der Waals surface area contributed by atoms with E-state index in [2.05, 4.69) is 5.32 Å². The molecule has 0 amide bonds. The monoisotopic (exact) mass is 249 g/mol. The topological polar surface area (TPSA) is 58.5 Å². The molecule has 0 saturated heterocycles. The maximum absolute atomic E-state index is 10.3. The van der Waals surface area contributed by atoms with Crippen molar-refractivity contribution in [1.29, 1.82) is 0 Å². The number of rotatable bonds is 5. The van der Waals surface area contributed by atoms with Gasteiger partial charge in [0.1, 0.15) is 28.6 Å². The van der Waals surface area contributed by atoms with Gasteiger partial charge in [0.25, 0.3) is 0 Å². The second-order valence-electron chi connectivity index (χ2n) is 4.80. The number of hydrogen-bond donors (Lipinski definition) is 2. The molecule has 2 aromatic heterocycles. The smallest absolute Gasteiger partial charge is 0.136 e. The molecule has 2 heterocycles. The fourth-order valence-corrected chi connectivity index (χ4v) is 1.82. The quantitative estimate of drug-likeness (QED) is 0.854. The van der Waals surface area contributed by atoms with Gasteiger partial charge >= 0.3 is 0 Å². The Balaban J connectivity index is 1.89. The summed E-state index contributed by atoms with van der Waals surface area (Å²) >= 11 is 0. The first-order valence-corrected chi connectivity index (χ1v) is 6.03. The summed E-state index contributed by atoms with van der Waals surface area (Å²) in [6.07, 6.45) is 0. The number of furan rings is 2. The van der Waals surface area contributed by atoms with E-state index >= 15 is 0 Å². The van der Waals surface area contributed by atoms with Gasteiger partial charge in [-0.3, -0.25) is 0 Å². The van der Waals surface area contributed by atoms with Crippen LogP contribution in [-0.2, 0) is 12.1 Å². The molecule has 0 fully saturated rings. The lowest BCUT2D eigenvalue weighted by atomic mass is 10.0. The van der Waals surface area contributed by atoms with Crippen molar-refractivity contribution >= 4 is 0 Å². The van der Waals surface area contributed by atoms with Gasteiger partial charge in [0, 0.05) is 6.54 Å². The van der Waals surface area contributed by atoms with E-state index in [1.54, 1.807) is 13.0 Å². The average Bonchev–Trinajstić information content (AvgIpc) is 2.88. The zero-order chi connectivity index (χ0) is 13.2. The second-order valence-corrected chi connectivity index (χ2v) is 4.80. The summed E-state index contributed by atoms with van der Waals surface area (Å²) in [6.45, 7) is 6.49. The van der Waals surface area contributed by atoms with Gasteiger partial charge in [-0.25, -0.2) is 0 Å². The molecule has 1 unspecified atom stereocenters. The lowest BCUT2D eigenvalue weighted by Gasteiger charge is -2.21. The highest BCUT2D eigenvalue weighted by Gasteiger charge is 2.26. The summed E-state index contributed by atoms with van der Waals surface area (Å²) in [5.41, 5.74) is -1.02. The molecule has 2 N–H and O–H groups in total. The highest BCUT2D eigenvalue weighted by molar-refractivity contribution is 5.13. The Hall–Kier alpha value is -1.52. The van der Waals surface area contributed by atoms with Crippen molar-refractivity contribution in [2.24, 2.45) is 0 Å². The van der Waals surface area contributed by atoms with Crippen molar-refractivity contribution in [1.82, 2.24) is 5.32 Å². The van der Waals surface area contributed by atoms with Gasteiger partial charge in [0.15, 0.2) is 0 Å². The minimum absolute atomic E-state index is 0.402. The Morgan fingerprint density at radius 2 is 1.78 bits per heavy atom. The van der Waals surface area contributed by atoms with E-state index in [4.69, 9.17) is 8.83 Å². The van der Waals surface area contributed by atoms with Crippen LogP contribution in [0.4, 0.5) is 0 Å². The number of aliphatic hydroxyl groups is 1. The largest absolute Gasteiger partial charge is 0.465 e. The van der Waals surface area contributed by atoms with E-state index in [1.807, 2.05) is 32.0 Å². The minimum atomic E-state index is -1.02. The molecule has 4 nitrogen and oxygen atoms in total. The van der Waals surface area contributed by atoms with Crippen LogP contribution in [0.15, 0.2) is 33.1 Å². The fraction of sp³-hybridized carbons (Fsp3) is 0.429. The third kappa shape index (κ3) is 3.03. The maximum Gasteiger partial charge on any atom is 0.136 e. The van der Waals surface area contributed by atoms with Crippen molar-refractivity contribution in [3.63, 3.8) is 0 Å². The molecular formula is C14H19NO3. The third-order valence-corrected chi connectivity index (χ3v) is 2.84. The fourth-order valence-electron chi connectivity index (χ4n) is 1.82. The van der Waals surface area contributed by atoms with Crippen LogP contribution in [0.5, 0.6) is 0 Å². The van der Waals surface area contributed by atoms with Crippen molar-refractivity contribution in [2.45, 2.75) is 32.9 Å². The Morgan fingerprint density at radius 3 is 2.33 bits per heavy atom. The lowest BCUT2D eigenvalue weighted by Crippen LogP contribution is -2.34. The third-order valence-electron chi connectivity index (χ3n) is 2.84. The first-order valence-electron chi connectivity index (χ1n) is 6.03. The predicted molar refractivity (Wildman–Crippen MR) is 68.2 cm³/mol. The van der Waals surface area contributed by atoms with Crippen LogP contribution in [0.2, 0.25) is 0 Å². The summed E-state index contributed by atoms with van der Waals surface area (Å²) in [7, 11) is 0. The Morgan fingerprint density at radius 1 is 1.11 bits per heavy atom. The molecule has 98 valence electrons. The molecule has 0 aromatic carbocycles. The molecule has 0 spiro atoms. The molecule has 2 aromatic rings. The lowest BCUT2D eigenvalue weighted by molar-refractivity contribution is 0.0329. The standard InChI is InChI=1S/C14H19NO3/c1-10-4-6-12(17-10)8-15-9-14(3,16)13-7-5-11(2)18-13/h4-7,15-16H,8-9H2,1-3H3. The summed E-state index contributed by atoms with van der Waals surface area (Å²) in [5.74, 6) is 3.12. The average molecular weight is 249 g/mol. The Bertz CT molecular complexity index is 511.